The number of carbonyl (C=O) groups excluding carboxylic acids is 1. The third-order valence-electron chi connectivity index (χ3n) is 4.94. The minimum atomic E-state index is -0.764. The molecule has 1 aromatic heterocycles. The zero-order chi connectivity index (χ0) is 21.1. The van der Waals surface area contributed by atoms with E-state index in [1.807, 2.05) is 37.3 Å². The van der Waals surface area contributed by atoms with Crippen molar-refractivity contribution in [3.05, 3.63) is 71.0 Å². The van der Waals surface area contributed by atoms with Gasteiger partial charge in [-0.3, -0.25) is 9.79 Å². The van der Waals surface area contributed by atoms with Crippen LogP contribution in [0.1, 0.15) is 29.4 Å². The lowest BCUT2D eigenvalue weighted by molar-refractivity contribution is 0.102. The Balaban J connectivity index is 1.57. The lowest BCUT2D eigenvalue weighted by atomic mass is 9.89. The van der Waals surface area contributed by atoms with E-state index in [0.29, 0.717) is 35.0 Å². The molecule has 1 unspecified atom stereocenters. The number of halogens is 1. The van der Waals surface area contributed by atoms with E-state index in [-0.39, 0.29) is 11.7 Å². The topological polar surface area (TPSA) is 80.4 Å². The average molecular weight is 441 g/mol. The van der Waals surface area contributed by atoms with Crippen molar-refractivity contribution in [2.24, 2.45) is 10.7 Å². The molecule has 0 aliphatic carbocycles. The molecule has 8 heteroatoms. The fraction of sp³-hybridized carbons (Fsp3) is 0.227. The Hall–Kier alpha value is -2.71. The second-order valence-electron chi connectivity index (χ2n) is 7.23. The average Bonchev–Trinajstić information content (AvgIpc) is 3.17. The van der Waals surface area contributed by atoms with Crippen molar-refractivity contribution in [2.75, 3.05) is 16.8 Å². The summed E-state index contributed by atoms with van der Waals surface area (Å²) in [6.45, 7) is 1.88. The van der Waals surface area contributed by atoms with E-state index in [4.69, 9.17) is 5.73 Å². The van der Waals surface area contributed by atoms with Crippen LogP contribution in [0.4, 0.5) is 10.1 Å². The van der Waals surface area contributed by atoms with Crippen molar-refractivity contribution in [1.29, 1.82) is 0 Å². The molecule has 30 heavy (non-hydrogen) atoms. The molecule has 1 atom stereocenters. The number of benzene rings is 2. The summed E-state index contributed by atoms with van der Waals surface area (Å²) < 4.78 is 14.7. The number of amidine groups is 1. The number of nitrogens with zero attached hydrogens (tertiary/aromatic N) is 2. The molecule has 3 N–H and O–H groups in total. The van der Waals surface area contributed by atoms with Crippen LogP contribution in [0.2, 0.25) is 0 Å². The van der Waals surface area contributed by atoms with E-state index in [1.165, 1.54) is 17.4 Å². The van der Waals surface area contributed by atoms with Crippen molar-refractivity contribution in [3.8, 4) is 10.6 Å². The molecular weight excluding hydrogens is 419 g/mol. The number of hydrogen-bond donors (Lipinski definition) is 2. The molecule has 2 aromatic carbocycles. The van der Waals surface area contributed by atoms with Crippen molar-refractivity contribution in [2.45, 2.75) is 18.9 Å². The first-order valence-electron chi connectivity index (χ1n) is 9.49. The lowest BCUT2D eigenvalue weighted by Gasteiger charge is -2.26. The molecule has 0 saturated heterocycles. The summed E-state index contributed by atoms with van der Waals surface area (Å²) >= 11 is 3.09. The Morgan fingerprint density at radius 2 is 2.03 bits per heavy atom. The number of thioether (sulfide) groups is 1. The molecule has 5 nitrogen and oxygen atoms in total. The molecule has 0 bridgehead atoms. The third kappa shape index (κ3) is 4.39. The van der Waals surface area contributed by atoms with Gasteiger partial charge >= 0.3 is 0 Å². The molecular formula is C22H21FN4OS2. The van der Waals surface area contributed by atoms with Crippen molar-refractivity contribution in [1.82, 2.24) is 4.98 Å². The largest absolute Gasteiger partial charge is 0.387 e. The summed E-state index contributed by atoms with van der Waals surface area (Å²) in [4.78, 5) is 21.7. The minimum Gasteiger partial charge on any atom is -0.387 e. The highest BCUT2D eigenvalue weighted by atomic mass is 32.2. The van der Waals surface area contributed by atoms with Crippen LogP contribution in [0.15, 0.2) is 58.9 Å². The predicted octanol–water partition coefficient (Wildman–Crippen LogP) is 4.91. The zero-order valence-electron chi connectivity index (χ0n) is 16.4. The molecule has 0 radical (unpaired) electrons. The Morgan fingerprint density at radius 1 is 1.23 bits per heavy atom. The Labute approximate surface area is 182 Å². The summed E-state index contributed by atoms with van der Waals surface area (Å²) in [6.07, 6.45) is 0.666. The highest BCUT2D eigenvalue weighted by molar-refractivity contribution is 7.99. The monoisotopic (exact) mass is 440 g/mol. The highest BCUT2D eigenvalue weighted by Gasteiger charge is 2.31. The fourth-order valence-corrected chi connectivity index (χ4v) is 5.12. The van der Waals surface area contributed by atoms with E-state index >= 15 is 0 Å². The van der Waals surface area contributed by atoms with Gasteiger partial charge in [0.05, 0.1) is 11.3 Å². The number of aromatic nitrogens is 1. The first-order chi connectivity index (χ1) is 14.4. The van der Waals surface area contributed by atoms with Crippen LogP contribution in [-0.2, 0) is 5.54 Å². The lowest BCUT2D eigenvalue weighted by Crippen LogP contribution is -2.25. The molecule has 3 aromatic rings. The number of aliphatic imine (C=N–C) groups is 1. The van der Waals surface area contributed by atoms with Crippen molar-refractivity contribution in [3.63, 3.8) is 0 Å². The number of rotatable bonds is 4. The molecule has 0 saturated carbocycles. The number of carbonyl (C=O) groups is 1. The van der Waals surface area contributed by atoms with Crippen molar-refractivity contribution < 1.29 is 9.18 Å². The molecule has 2 heterocycles. The van der Waals surface area contributed by atoms with Crippen molar-refractivity contribution >= 4 is 40.5 Å². The number of hydrogen-bond acceptors (Lipinski definition) is 6. The summed E-state index contributed by atoms with van der Waals surface area (Å²) in [5, 5.41) is 5.32. The zero-order valence-corrected chi connectivity index (χ0v) is 18.0. The molecule has 1 aliphatic rings. The van der Waals surface area contributed by atoms with Crippen LogP contribution in [0.25, 0.3) is 10.6 Å². The van der Waals surface area contributed by atoms with Crippen LogP contribution in [0.5, 0.6) is 0 Å². The maximum absolute atomic E-state index is 14.7. The molecule has 0 fully saturated rings. The summed E-state index contributed by atoms with van der Waals surface area (Å²) in [5.41, 5.74) is 7.41. The van der Waals surface area contributed by atoms with Gasteiger partial charge in [-0.25, -0.2) is 9.37 Å². The number of thiazole rings is 1. The number of anilines is 1. The summed E-state index contributed by atoms with van der Waals surface area (Å²) in [5.74, 6) is 1.28. The van der Waals surface area contributed by atoms with E-state index in [9.17, 15) is 9.18 Å². The first kappa shape index (κ1) is 20.6. The molecule has 0 spiro atoms. The minimum absolute atomic E-state index is 0.323. The van der Waals surface area contributed by atoms with Gasteiger partial charge in [0.1, 0.15) is 22.4 Å². The predicted molar refractivity (Wildman–Crippen MR) is 123 cm³/mol. The Bertz CT molecular complexity index is 1100. The molecule has 1 aliphatic heterocycles. The van der Waals surface area contributed by atoms with Gasteiger partial charge in [-0.2, -0.15) is 11.8 Å². The summed E-state index contributed by atoms with van der Waals surface area (Å²) in [6, 6.07) is 14.2. The molecule has 4 rings (SSSR count). The van der Waals surface area contributed by atoms with Gasteiger partial charge in [0.2, 0.25) is 0 Å². The smallest absolute Gasteiger partial charge is 0.275 e. The van der Waals surface area contributed by atoms with Gasteiger partial charge in [-0.15, -0.1) is 11.3 Å². The third-order valence-corrected chi connectivity index (χ3v) is 6.82. The van der Waals surface area contributed by atoms with Gasteiger partial charge in [-0.1, -0.05) is 30.3 Å². The standard InChI is InChI=1S/C22H21FN4OS2/c1-22(9-10-29-13-19(24)27-22)16-11-15(7-8-17(16)23)25-20(28)18-12-30-21(26-18)14-5-3-2-4-6-14/h2-8,11-12H,9-10,13H2,1H3,(H2,24,27)(H,25,28). The molecule has 154 valence electrons. The quantitative estimate of drug-likeness (QED) is 0.604. The molecule has 1 amide bonds. The van der Waals surface area contributed by atoms with E-state index in [1.54, 1.807) is 29.3 Å². The van der Waals surface area contributed by atoms with Crippen LogP contribution in [0, 0.1) is 5.82 Å². The van der Waals surface area contributed by atoms with Gasteiger partial charge in [0.15, 0.2) is 0 Å². The second-order valence-corrected chi connectivity index (χ2v) is 9.20. The number of amides is 1. The Morgan fingerprint density at radius 3 is 2.83 bits per heavy atom. The van der Waals surface area contributed by atoms with Crippen LogP contribution < -0.4 is 11.1 Å². The highest BCUT2D eigenvalue weighted by Crippen LogP contribution is 2.36. The normalized spacial score (nSPS) is 19.1. The maximum atomic E-state index is 14.7. The van der Waals surface area contributed by atoms with Crippen LogP contribution in [0.3, 0.4) is 0 Å². The van der Waals surface area contributed by atoms with Crippen LogP contribution in [-0.4, -0.2) is 28.2 Å². The second kappa shape index (κ2) is 8.57. The van der Waals surface area contributed by atoms with Gasteiger partial charge in [0, 0.05) is 22.2 Å². The van der Waals surface area contributed by atoms with E-state index in [2.05, 4.69) is 15.3 Å². The maximum Gasteiger partial charge on any atom is 0.275 e. The first-order valence-corrected chi connectivity index (χ1v) is 11.5. The number of nitrogens with two attached hydrogens (primary N) is 1. The fourth-order valence-electron chi connectivity index (χ4n) is 3.35. The SMILES string of the molecule is CC1(c2cc(NC(=O)c3csc(-c4ccccc4)n3)ccc2F)CCSCC(N)=N1. The van der Waals surface area contributed by atoms with Crippen LogP contribution >= 0.6 is 23.1 Å². The Kier molecular flexibility index (Phi) is 5.87. The van der Waals surface area contributed by atoms with Gasteiger partial charge in [0.25, 0.3) is 5.91 Å². The van der Waals surface area contributed by atoms with E-state index in [0.717, 1.165) is 16.3 Å². The van der Waals surface area contributed by atoms with E-state index < -0.39 is 5.54 Å². The van der Waals surface area contributed by atoms with Gasteiger partial charge in [-0.05, 0) is 37.3 Å². The number of nitrogens with one attached hydrogen (secondary N) is 1. The summed E-state index contributed by atoms with van der Waals surface area (Å²) in [7, 11) is 0. The van der Waals surface area contributed by atoms with Gasteiger partial charge < -0.3 is 11.1 Å².